The van der Waals surface area contributed by atoms with Gasteiger partial charge < -0.3 is 4.52 Å². The van der Waals surface area contributed by atoms with E-state index in [0.29, 0.717) is 11.6 Å². The highest BCUT2D eigenvalue weighted by Gasteiger charge is 2.13. The number of hydrogen-bond acceptors (Lipinski definition) is 13. The highest BCUT2D eigenvalue weighted by atomic mass is 32.1. The zero-order valence-corrected chi connectivity index (χ0v) is 15.1. The molecule has 0 aliphatic carbocycles. The summed E-state index contributed by atoms with van der Waals surface area (Å²) in [4.78, 5) is 44.6. The smallest absolute Gasteiger partial charge is 0.314 e. The lowest BCUT2D eigenvalue weighted by Gasteiger charge is -1.96. The van der Waals surface area contributed by atoms with Gasteiger partial charge in [-0.15, -0.1) is 0 Å². The van der Waals surface area contributed by atoms with E-state index >= 15 is 0 Å². The third-order valence-electron chi connectivity index (χ3n) is 3.16. The molecule has 0 spiro atoms. The largest absolute Gasteiger partial charge is 0.341 e. The van der Waals surface area contributed by atoms with Crippen molar-refractivity contribution in [2.75, 3.05) is 10.9 Å². The molecule has 0 bridgehead atoms. The molecule has 1 aromatic carbocycles. The molecule has 0 saturated carbocycles. The molecule has 2 heterocycles. The van der Waals surface area contributed by atoms with Crippen molar-refractivity contribution < 1.29 is 9.32 Å². The molecule has 13 heteroatoms. The van der Waals surface area contributed by atoms with Crippen LogP contribution >= 0.6 is 11.5 Å². The van der Waals surface area contributed by atoms with Crippen LogP contribution in [0.25, 0.3) is 0 Å². The number of aryl methyl sites for hydroxylation is 2. The Morgan fingerprint density at radius 3 is 2.48 bits per heavy atom. The zero-order chi connectivity index (χ0) is 19.6. The normalized spacial score (nSPS) is 12.4. The molecule has 0 amide bonds. The monoisotopic (exact) mass is 388 g/mol. The van der Waals surface area contributed by atoms with Crippen molar-refractivity contribution in [1.82, 2.24) is 19.5 Å². The molecule has 2 aromatic heterocycles. The first-order valence-corrected chi connectivity index (χ1v) is 8.22. The number of carbonyl (C=O) groups excluding carboxylic acids is 1. The minimum atomic E-state index is -0.811. The van der Waals surface area contributed by atoms with Gasteiger partial charge in [-0.25, -0.2) is 10.4 Å². The molecule has 0 radical (unpaired) electrons. The number of nitrogens with one attached hydrogen (secondary N) is 2. The summed E-state index contributed by atoms with van der Waals surface area (Å²) >= 11 is 1.00. The van der Waals surface area contributed by atoms with Crippen LogP contribution in [-0.2, 0) is 0 Å². The number of benzene rings is 1. The number of ketones is 1. The van der Waals surface area contributed by atoms with E-state index in [9.17, 15) is 14.4 Å². The summed E-state index contributed by atoms with van der Waals surface area (Å²) in [5.74, 6) is 0.338. The van der Waals surface area contributed by atoms with Crippen molar-refractivity contribution in [3.05, 3.63) is 54.4 Å². The van der Waals surface area contributed by atoms with Gasteiger partial charge in [0.25, 0.3) is 0 Å². The predicted octanol–water partition coefficient (Wildman–Crippen LogP) is -0.808. The van der Waals surface area contributed by atoms with Gasteiger partial charge in [0.1, 0.15) is 11.2 Å². The topological polar surface area (TPSA) is 165 Å². The summed E-state index contributed by atoms with van der Waals surface area (Å²) in [7, 11) is 0. The van der Waals surface area contributed by atoms with E-state index in [-0.39, 0.29) is 22.1 Å². The van der Waals surface area contributed by atoms with Gasteiger partial charge in [-0.3, -0.25) is 19.8 Å². The van der Waals surface area contributed by atoms with Gasteiger partial charge in [-0.05, 0) is 26.8 Å². The Labute approximate surface area is 154 Å². The van der Waals surface area contributed by atoms with Gasteiger partial charge in [-0.2, -0.15) is 19.6 Å². The van der Waals surface area contributed by atoms with E-state index in [1.165, 1.54) is 6.92 Å². The molecule has 0 saturated heterocycles. The molecule has 0 unspecified atom stereocenters. The van der Waals surface area contributed by atoms with E-state index < -0.39 is 22.0 Å². The molecule has 3 rings (SSSR count). The summed E-state index contributed by atoms with van der Waals surface area (Å²) < 4.78 is 8.77. The summed E-state index contributed by atoms with van der Waals surface area (Å²) in [6, 6.07) is 1.03. The Morgan fingerprint density at radius 2 is 1.89 bits per heavy atom. The van der Waals surface area contributed by atoms with Crippen molar-refractivity contribution in [3.63, 3.8) is 0 Å². The third kappa shape index (κ3) is 3.98. The minimum Gasteiger partial charge on any atom is -0.314 e. The van der Waals surface area contributed by atoms with Gasteiger partial charge in [0.2, 0.25) is 16.0 Å². The van der Waals surface area contributed by atoms with Gasteiger partial charge >= 0.3 is 6.01 Å². The molecular formula is C14H12N8O4S. The number of rotatable bonds is 5. The molecular weight excluding hydrogens is 376 g/mol. The first-order chi connectivity index (χ1) is 12.8. The predicted molar refractivity (Wildman–Crippen MR) is 93.4 cm³/mol. The molecule has 0 aliphatic heterocycles. The SMILES string of the molecule is CC(=O)c1cc(=NNc2nc(C)no2)c(=O)c(=NNc2nc(C)ns2)c1=O. The highest BCUT2D eigenvalue weighted by Crippen LogP contribution is 2.08. The maximum Gasteiger partial charge on any atom is 0.341 e. The second kappa shape index (κ2) is 7.33. The molecule has 138 valence electrons. The summed E-state index contributed by atoms with van der Waals surface area (Å²) in [6.45, 7) is 4.48. The Bertz CT molecular complexity index is 1240. The van der Waals surface area contributed by atoms with Crippen molar-refractivity contribution in [2.45, 2.75) is 20.8 Å². The van der Waals surface area contributed by atoms with Gasteiger partial charge in [0, 0.05) is 11.5 Å². The lowest BCUT2D eigenvalue weighted by molar-refractivity contribution is 0.101. The third-order valence-corrected chi connectivity index (χ3v) is 3.87. The van der Waals surface area contributed by atoms with E-state index in [2.05, 4.69) is 40.6 Å². The summed E-state index contributed by atoms with van der Waals surface area (Å²) in [5, 5.41) is 10.8. The lowest BCUT2D eigenvalue weighted by atomic mass is 10.1. The maximum atomic E-state index is 12.5. The molecule has 0 atom stereocenters. The number of nitrogens with zero attached hydrogens (tertiary/aromatic N) is 6. The molecule has 27 heavy (non-hydrogen) atoms. The molecule has 12 nitrogen and oxygen atoms in total. The van der Waals surface area contributed by atoms with Gasteiger partial charge in [0.15, 0.2) is 17.0 Å². The first-order valence-electron chi connectivity index (χ1n) is 7.45. The lowest BCUT2D eigenvalue weighted by Crippen LogP contribution is -2.50. The van der Waals surface area contributed by atoms with Crippen LogP contribution in [0.1, 0.15) is 28.9 Å². The minimum absolute atomic E-state index is 0.0524. The van der Waals surface area contributed by atoms with Crippen molar-refractivity contribution >= 4 is 28.5 Å². The average Bonchev–Trinajstić information content (AvgIpc) is 3.22. The second-order valence-corrected chi connectivity index (χ2v) is 6.00. The van der Waals surface area contributed by atoms with E-state index in [1.807, 2.05) is 0 Å². The van der Waals surface area contributed by atoms with Crippen LogP contribution in [0.15, 0.2) is 30.4 Å². The van der Waals surface area contributed by atoms with E-state index in [1.54, 1.807) is 13.8 Å². The maximum absolute atomic E-state index is 12.5. The fraction of sp³-hybridized carbons (Fsp3) is 0.214. The van der Waals surface area contributed by atoms with Crippen molar-refractivity contribution in [3.8, 4) is 0 Å². The van der Waals surface area contributed by atoms with E-state index in [0.717, 1.165) is 17.6 Å². The van der Waals surface area contributed by atoms with Crippen LogP contribution in [0, 0.1) is 13.8 Å². The Hall–Kier alpha value is -3.61. The van der Waals surface area contributed by atoms with E-state index in [4.69, 9.17) is 4.52 Å². The van der Waals surface area contributed by atoms with Crippen LogP contribution in [0.5, 0.6) is 0 Å². The fourth-order valence-electron chi connectivity index (χ4n) is 1.96. The van der Waals surface area contributed by atoms with Crippen molar-refractivity contribution in [2.24, 2.45) is 10.2 Å². The number of anilines is 2. The standard InChI is InChI=1S/C14H12N8O4S/c1-5(23)8-4-9(17-19-13-15-6(2)21-26-13)12(25)10(11(8)24)18-20-14-16-7(3)22-27-14/h4H,1-3H3,(H,15,19,21)(H,16,20,22). The molecule has 2 N–H and O–H groups in total. The van der Waals surface area contributed by atoms with Gasteiger partial charge in [-0.1, -0.05) is 5.16 Å². The summed E-state index contributed by atoms with van der Waals surface area (Å²) in [6.07, 6.45) is 0. The highest BCUT2D eigenvalue weighted by molar-refractivity contribution is 7.09. The second-order valence-electron chi connectivity index (χ2n) is 5.25. The summed E-state index contributed by atoms with van der Waals surface area (Å²) in [5.41, 5.74) is 3.06. The Balaban J connectivity index is 2.11. The van der Waals surface area contributed by atoms with Crippen LogP contribution in [0.4, 0.5) is 11.1 Å². The van der Waals surface area contributed by atoms with Crippen LogP contribution in [0.2, 0.25) is 0 Å². The first kappa shape index (κ1) is 18.2. The number of Topliss-reactive ketones (excluding diaryl/α,β-unsaturated/α-hetero) is 1. The fourth-order valence-corrected chi connectivity index (χ4v) is 2.48. The average molecular weight is 388 g/mol. The Morgan fingerprint density at radius 1 is 1.11 bits per heavy atom. The number of aromatic nitrogens is 4. The molecule has 0 aliphatic rings. The van der Waals surface area contributed by atoms with Crippen LogP contribution in [-0.4, -0.2) is 25.3 Å². The van der Waals surface area contributed by atoms with Crippen molar-refractivity contribution in [1.29, 1.82) is 0 Å². The molecule has 3 aromatic rings. The Kier molecular flexibility index (Phi) is 4.94. The zero-order valence-electron chi connectivity index (χ0n) is 14.3. The quantitative estimate of drug-likeness (QED) is 0.417. The number of hydrogen-bond donors (Lipinski definition) is 2. The number of carbonyl (C=O) groups is 1. The molecule has 0 fully saturated rings. The van der Waals surface area contributed by atoms with Crippen LogP contribution < -0.4 is 32.4 Å². The van der Waals surface area contributed by atoms with Crippen LogP contribution in [0.3, 0.4) is 0 Å². The van der Waals surface area contributed by atoms with Gasteiger partial charge in [0.05, 0.1) is 5.56 Å².